The van der Waals surface area contributed by atoms with Gasteiger partial charge in [-0.1, -0.05) is 43.7 Å². The first-order valence-corrected chi connectivity index (χ1v) is 7.52. The van der Waals surface area contributed by atoms with Crippen molar-refractivity contribution in [2.45, 2.75) is 44.9 Å². The highest BCUT2D eigenvalue weighted by Gasteiger charge is 2.46. The summed E-state index contributed by atoms with van der Waals surface area (Å²) in [5.41, 5.74) is -0.339. The van der Waals surface area contributed by atoms with Crippen LogP contribution in [-0.2, 0) is 15.0 Å². The summed E-state index contributed by atoms with van der Waals surface area (Å²) in [4.78, 5) is 23.9. The van der Waals surface area contributed by atoms with Crippen LogP contribution in [-0.4, -0.2) is 23.5 Å². The fourth-order valence-corrected chi connectivity index (χ4v) is 2.73. The summed E-state index contributed by atoms with van der Waals surface area (Å²) >= 11 is 0. The summed E-state index contributed by atoms with van der Waals surface area (Å²) in [7, 11) is 0. The lowest BCUT2D eigenvalue weighted by Crippen LogP contribution is -2.52. The van der Waals surface area contributed by atoms with Crippen LogP contribution in [0.5, 0.6) is 0 Å². The number of carbonyl (C=O) groups excluding carboxylic acids is 1. The number of carboxylic acid groups (broad SMARTS) is 1. The molecule has 2 rings (SSSR count). The van der Waals surface area contributed by atoms with Crippen LogP contribution in [0.15, 0.2) is 30.3 Å². The van der Waals surface area contributed by atoms with Gasteiger partial charge in [-0.25, -0.2) is 0 Å². The zero-order valence-electron chi connectivity index (χ0n) is 12.7. The Morgan fingerprint density at radius 2 is 1.90 bits per heavy atom. The molecule has 0 spiro atoms. The second-order valence-corrected chi connectivity index (χ2v) is 6.20. The molecule has 114 valence electrons. The number of benzene rings is 1. The minimum atomic E-state index is -0.905. The maximum Gasteiger partial charge on any atom is 0.311 e. The smallest absolute Gasteiger partial charge is 0.311 e. The average Bonchev–Trinajstić information content (AvgIpc) is 2.44. The monoisotopic (exact) mass is 289 g/mol. The Labute approximate surface area is 125 Å². The lowest BCUT2D eigenvalue weighted by molar-refractivity contribution is -0.148. The summed E-state index contributed by atoms with van der Waals surface area (Å²) in [6.45, 7) is 3.68. The number of hydrogen-bond acceptors (Lipinski definition) is 2. The molecule has 0 radical (unpaired) electrons. The van der Waals surface area contributed by atoms with Gasteiger partial charge < -0.3 is 10.4 Å². The molecule has 0 saturated heterocycles. The molecule has 1 unspecified atom stereocenters. The summed E-state index contributed by atoms with van der Waals surface area (Å²) in [5, 5.41) is 12.2. The number of carboxylic acids is 1. The molecule has 1 aliphatic carbocycles. The van der Waals surface area contributed by atoms with Crippen LogP contribution in [0.2, 0.25) is 0 Å². The van der Waals surface area contributed by atoms with Crippen molar-refractivity contribution >= 4 is 11.9 Å². The minimum absolute atomic E-state index is 0.0409. The molecule has 4 heteroatoms. The molecule has 1 atom stereocenters. The van der Waals surface area contributed by atoms with Crippen molar-refractivity contribution in [3.05, 3.63) is 35.9 Å². The molecule has 0 bridgehead atoms. The summed E-state index contributed by atoms with van der Waals surface area (Å²) in [6, 6.07) is 9.78. The van der Waals surface area contributed by atoms with E-state index in [1.807, 2.05) is 37.3 Å². The highest BCUT2D eigenvalue weighted by atomic mass is 16.4. The average molecular weight is 289 g/mol. The van der Waals surface area contributed by atoms with E-state index in [9.17, 15) is 14.7 Å². The third-order valence-electron chi connectivity index (χ3n) is 4.90. The zero-order valence-corrected chi connectivity index (χ0v) is 12.7. The summed E-state index contributed by atoms with van der Waals surface area (Å²) in [5.74, 6) is -0.909. The van der Waals surface area contributed by atoms with Crippen LogP contribution in [0.1, 0.15) is 45.1 Å². The molecule has 0 aromatic heterocycles. The summed E-state index contributed by atoms with van der Waals surface area (Å²) < 4.78 is 0. The van der Waals surface area contributed by atoms with Crippen molar-refractivity contribution in [2.24, 2.45) is 5.41 Å². The van der Waals surface area contributed by atoms with Crippen LogP contribution >= 0.6 is 0 Å². The maximum atomic E-state index is 12.6. The molecule has 21 heavy (non-hydrogen) atoms. The van der Waals surface area contributed by atoms with Gasteiger partial charge in [0.05, 0.1) is 10.8 Å². The molecule has 0 aliphatic heterocycles. The first kappa shape index (κ1) is 15.5. The predicted octanol–water partition coefficient (Wildman–Crippen LogP) is 2.73. The van der Waals surface area contributed by atoms with E-state index < -0.39 is 16.8 Å². The van der Waals surface area contributed by atoms with Gasteiger partial charge in [0.25, 0.3) is 0 Å². The second-order valence-electron chi connectivity index (χ2n) is 6.20. The van der Waals surface area contributed by atoms with Crippen LogP contribution < -0.4 is 5.32 Å². The predicted molar refractivity (Wildman–Crippen MR) is 81.0 cm³/mol. The van der Waals surface area contributed by atoms with Gasteiger partial charge in [-0.3, -0.25) is 9.59 Å². The number of aliphatic carboxylic acids is 1. The first-order valence-electron chi connectivity index (χ1n) is 7.52. The van der Waals surface area contributed by atoms with Crippen molar-refractivity contribution in [1.29, 1.82) is 0 Å². The molecule has 1 amide bonds. The van der Waals surface area contributed by atoms with Crippen LogP contribution in [0.3, 0.4) is 0 Å². The zero-order chi connectivity index (χ0) is 15.5. The molecule has 1 saturated carbocycles. The topological polar surface area (TPSA) is 66.4 Å². The highest BCUT2D eigenvalue weighted by molar-refractivity contribution is 5.89. The van der Waals surface area contributed by atoms with Crippen molar-refractivity contribution < 1.29 is 14.7 Å². The van der Waals surface area contributed by atoms with Gasteiger partial charge in [-0.05, 0) is 31.7 Å². The number of amides is 1. The molecule has 1 aromatic rings. The molecular formula is C17H23NO3. The number of nitrogens with one attached hydrogen (secondary N) is 1. The van der Waals surface area contributed by atoms with Gasteiger partial charge in [0.15, 0.2) is 0 Å². The van der Waals surface area contributed by atoms with Gasteiger partial charge >= 0.3 is 5.97 Å². The molecular weight excluding hydrogens is 266 g/mol. The quantitative estimate of drug-likeness (QED) is 0.846. The van der Waals surface area contributed by atoms with Crippen molar-refractivity contribution in [2.75, 3.05) is 6.54 Å². The van der Waals surface area contributed by atoms with E-state index in [1.54, 1.807) is 6.92 Å². The molecule has 1 fully saturated rings. The normalized spacial score (nSPS) is 19.1. The number of carbonyl (C=O) groups is 2. The van der Waals surface area contributed by atoms with Gasteiger partial charge in [0.2, 0.25) is 5.91 Å². The van der Waals surface area contributed by atoms with Crippen molar-refractivity contribution in [3.8, 4) is 0 Å². The Morgan fingerprint density at radius 1 is 1.29 bits per heavy atom. The lowest BCUT2D eigenvalue weighted by atomic mass is 9.63. The second kappa shape index (κ2) is 5.88. The minimum Gasteiger partial charge on any atom is -0.481 e. The van der Waals surface area contributed by atoms with E-state index in [2.05, 4.69) is 5.32 Å². The standard InChI is InChI=1S/C17H23NO3/c1-3-16(2,15(20)21)12-18-14(19)17(10-7-11-17)13-8-5-4-6-9-13/h4-6,8-9H,3,7,10-12H2,1-2H3,(H,18,19)(H,20,21). The number of hydrogen-bond donors (Lipinski definition) is 2. The Hall–Kier alpha value is -1.84. The van der Waals surface area contributed by atoms with Crippen molar-refractivity contribution in [1.82, 2.24) is 5.32 Å². The van der Waals surface area contributed by atoms with E-state index in [-0.39, 0.29) is 12.5 Å². The molecule has 1 aliphatic rings. The van der Waals surface area contributed by atoms with Gasteiger partial charge in [0.1, 0.15) is 0 Å². The third-order valence-corrected chi connectivity index (χ3v) is 4.90. The molecule has 0 heterocycles. The fourth-order valence-electron chi connectivity index (χ4n) is 2.73. The van der Waals surface area contributed by atoms with E-state index in [4.69, 9.17) is 0 Å². The SMILES string of the molecule is CCC(C)(CNC(=O)C1(c2ccccc2)CCC1)C(=O)O. The van der Waals surface area contributed by atoms with Crippen LogP contribution in [0.25, 0.3) is 0 Å². The van der Waals surface area contributed by atoms with E-state index in [0.717, 1.165) is 24.8 Å². The lowest BCUT2D eigenvalue weighted by Gasteiger charge is -2.41. The Morgan fingerprint density at radius 3 is 2.33 bits per heavy atom. The largest absolute Gasteiger partial charge is 0.481 e. The third kappa shape index (κ3) is 2.80. The highest BCUT2D eigenvalue weighted by Crippen LogP contribution is 2.44. The molecule has 1 aromatic carbocycles. The first-order chi connectivity index (χ1) is 9.94. The van der Waals surface area contributed by atoms with Gasteiger partial charge in [-0.2, -0.15) is 0 Å². The fraction of sp³-hybridized carbons (Fsp3) is 0.529. The van der Waals surface area contributed by atoms with Gasteiger partial charge in [-0.15, -0.1) is 0 Å². The number of rotatable bonds is 6. The van der Waals surface area contributed by atoms with Crippen LogP contribution in [0.4, 0.5) is 0 Å². The van der Waals surface area contributed by atoms with Crippen molar-refractivity contribution in [3.63, 3.8) is 0 Å². The van der Waals surface area contributed by atoms with E-state index in [0.29, 0.717) is 6.42 Å². The Kier molecular flexibility index (Phi) is 4.35. The van der Waals surface area contributed by atoms with E-state index >= 15 is 0 Å². The van der Waals surface area contributed by atoms with Gasteiger partial charge in [0, 0.05) is 6.54 Å². The Bertz CT molecular complexity index is 522. The summed E-state index contributed by atoms with van der Waals surface area (Å²) in [6.07, 6.45) is 3.19. The Balaban J connectivity index is 2.10. The van der Waals surface area contributed by atoms with Crippen LogP contribution in [0, 0.1) is 5.41 Å². The van der Waals surface area contributed by atoms with E-state index in [1.165, 1.54) is 0 Å². The molecule has 4 nitrogen and oxygen atoms in total. The maximum absolute atomic E-state index is 12.6. The molecule has 2 N–H and O–H groups in total.